The lowest BCUT2D eigenvalue weighted by atomic mass is 10.1. The molecule has 0 aliphatic carbocycles. The fraction of sp³-hybridized carbons (Fsp3) is 0.467. The molecule has 1 unspecified atom stereocenters. The highest BCUT2D eigenvalue weighted by molar-refractivity contribution is 5.81. The van der Waals surface area contributed by atoms with Crippen molar-refractivity contribution in [3.05, 3.63) is 36.2 Å². The topological polar surface area (TPSA) is 58.4 Å². The molecule has 2 aromatic heterocycles. The first kappa shape index (κ1) is 14.5. The number of pyridine rings is 1. The Morgan fingerprint density at radius 2 is 2.15 bits per heavy atom. The second kappa shape index (κ2) is 5.63. The second-order valence-electron chi connectivity index (χ2n) is 6.04. The fourth-order valence-electron chi connectivity index (χ4n) is 1.96. The van der Waals surface area contributed by atoms with Crippen LogP contribution in [-0.4, -0.2) is 27.1 Å². The minimum absolute atomic E-state index is 0.00831. The van der Waals surface area contributed by atoms with E-state index in [1.54, 1.807) is 0 Å². The highest BCUT2D eigenvalue weighted by Crippen LogP contribution is 2.09. The Bertz CT molecular complexity index is 597. The molecule has 2 N–H and O–H groups in total. The Kier molecular flexibility index (Phi) is 4.09. The SMILES string of the molecule is CC(NCc1cnn2ccccc12)C(=O)NC(C)(C)C. The summed E-state index contributed by atoms with van der Waals surface area (Å²) in [4.78, 5) is 12.0. The van der Waals surface area contributed by atoms with E-state index in [-0.39, 0.29) is 17.5 Å². The molecule has 0 bridgehead atoms. The molecule has 0 fully saturated rings. The molecule has 2 rings (SSSR count). The summed E-state index contributed by atoms with van der Waals surface area (Å²) in [6.45, 7) is 8.41. The van der Waals surface area contributed by atoms with Gasteiger partial charge in [0.2, 0.25) is 5.91 Å². The molecule has 0 aliphatic rings. The lowest BCUT2D eigenvalue weighted by Crippen LogP contribution is -2.49. The third-order valence-electron chi connectivity index (χ3n) is 3.00. The average molecular weight is 274 g/mol. The second-order valence-corrected chi connectivity index (χ2v) is 6.04. The van der Waals surface area contributed by atoms with E-state index in [9.17, 15) is 4.79 Å². The number of carbonyl (C=O) groups is 1. The number of aromatic nitrogens is 2. The van der Waals surface area contributed by atoms with Crippen molar-refractivity contribution in [1.29, 1.82) is 0 Å². The minimum Gasteiger partial charge on any atom is -0.350 e. The highest BCUT2D eigenvalue weighted by atomic mass is 16.2. The summed E-state index contributed by atoms with van der Waals surface area (Å²) in [6, 6.07) is 5.70. The highest BCUT2D eigenvalue weighted by Gasteiger charge is 2.19. The first-order chi connectivity index (χ1) is 9.37. The van der Waals surface area contributed by atoms with Gasteiger partial charge in [-0.25, -0.2) is 4.52 Å². The lowest BCUT2D eigenvalue weighted by molar-refractivity contribution is -0.124. The van der Waals surface area contributed by atoms with E-state index < -0.39 is 0 Å². The summed E-state index contributed by atoms with van der Waals surface area (Å²) < 4.78 is 1.83. The Balaban J connectivity index is 1.96. The van der Waals surface area contributed by atoms with Crippen LogP contribution in [-0.2, 0) is 11.3 Å². The van der Waals surface area contributed by atoms with Crippen molar-refractivity contribution in [3.8, 4) is 0 Å². The van der Waals surface area contributed by atoms with E-state index >= 15 is 0 Å². The van der Waals surface area contributed by atoms with Crippen LogP contribution in [0.15, 0.2) is 30.6 Å². The van der Waals surface area contributed by atoms with E-state index in [2.05, 4.69) is 15.7 Å². The number of rotatable bonds is 4. The first-order valence-electron chi connectivity index (χ1n) is 6.83. The van der Waals surface area contributed by atoms with Gasteiger partial charge in [-0.15, -0.1) is 0 Å². The zero-order chi connectivity index (χ0) is 14.8. The zero-order valence-electron chi connectivity index (χ0n) is 12.5. The van der Waals surface area contributed by atoms with Gasteiger partial charge in [0, 0.05) is 23.8 Å². The molecule has 2 aromatic rings. The van der Waals surface area contributed by atoms with Gasteiger partial charge in [-0.2, -0.15) is 5.10 Å². The Labute approximate surface area is 119 Å². The van der Waals surface area contributed by atoms with Crippen molar-refractivity contribution in [3.63, 3.8) is 0 Å². The van der Waals surface area contributed by atoms with E-state index in [1.165, 1.54) is 0 Å². The van der Waals surface area contributed by atoms with E-state index in [0.29, 0.717) is 6.54 Å². The summed E-state index contributed by atoms with van der Waals surface area (Å²) in [7, 11) is 0. The standard InChI is InChI=1S/C15H22N4O/c1-11(14(20)18-15(2,3)4)16-9-12-10-17-19-8-6-5-7-13(12)19/h5-8,10-11,16H,9H2,1-4H3,(H,18,20). The van der Waals surface area contributed by atoms with Crippen molar-refractivity contribution in [2.75, 3.05) is 0 Å². The average Bonchev–Trinajstić information content (AvgIpc) is 2.77. The van der Waals surface area contributed by atoms with Gasteiger partial charge < -0.3 is 10.6 Å². The van der Waals surface area contributed by atoms with Crippen LogP contribution < -0.4 is 10.6 Å². The van der Waals surface area contributed by atoms with E-state index in [0.717, 1.165) is 11.1 Å². The predicted molar refractivity (Wildman–Crippen MR) is 79.4 cm³/mol. The molecule has 2 heterocycles. The number of nitrogens with one attached hydrogen (secondary N) is 2. The number of hydrogen-bond donors (Lipinski definition) is 2. The van der Waals surface area contributed by atoms with E-state index in [1.807, 2.05) is 62.8 Å². The molecule has 0 saturated heterocycles. The van der Waals surface area contributed by atoms with Crippen molar-refractivity contribution in [2.24, 2.45) is 0 Å². The number of nitrogens with zero attached hydrogens (tertiary/aromatic N) is 2. The van der Waals surface area contributed by atoms with Crippen molar-refractivity contribution in [1.82, 2.24) is 20.2 Å². The molecule has 1 atom stereocenters. The summed E-state index contributed by atoms with van der Waals surface area (Å²) in [5.74, 6) is 0.00831. The van der Waals surface area contributed by atoms with Gasteiger partial charge in [-0.3, -0.25) is 4.79 Å². The molecule has 5 heteroatoms. The summed E-state index contributed by atoms with van der Waals surface area (Å²) in [6.07, 6.45) is 3.74. The Morgan fingerprint density at radius 3 is 2.85 bits per heavy atom. The fourth-order valence-corrected chi connectivity index (χ4v) is 1.96. The molecular weight excluding hydrogens is 252 g/mol. The monoisotopic (exact) mass is 274 g/mol. The lowest BCUT2D eigenvalue weighted by Gasteiger charge is -2.23. The van der Waals surface area contributed by atoms with Crippen LogP contribution in [0.4, 0.5) is 0 Å². The molecular formula is C15H22N4O. The van der Waals surface area contributed by atoms with Gasteiger partial charge in [-0.05, 0) is 39.8 Å². The maximum absolute atomic E-state index is 12.0. The predicted octanol–water partition coefficient (Wildman–Crippen LogP) is 1.73. The van der Waals surface area contributed by atoms with Crippen molar-refractivity contribution < 1.29 is 4.79 Å². The smallest absolute Gasteiger partial charge is 0.237 e. The van der Waals surface area contributed by atoms with Crippen LogP contribution in [0.5, 0.6) is 0 Å². The summed E-state index contributed by atoms with van der Waals surface area (Å²) in [5.41, 5.74) is 1.93. The van der Waals surface area contributed by atoms with E-state index in [4.69, 9.17) is 0 Å². The van der Waals surface area contributed by atoms with Gasteiger partial charge >= 0.3 is 0 Å². The largest absolute Gasteiger partial charge is 0.350 e. The van der Waals surface area contributed by atoms with Crippen LogP contribution in [0.2, 0.25) is 0 Å². The number of carbonyl (C=O) groups excluding carboxylic acids is 1. The Morgan fingerprint density at radius 1 is 1.40 bits per heavy atom. The maximum Gasteiger partial charge on any atom is 0.237 e. The molecule has 0 spiro atoms. The molecule has 20 heavy (non-hydrogen) atoms. The zero-order valence-corrected chi connectivity index (χ0v) is 12.5. The van der Waals surface area contributed by atoms with Gasteiger partial charge in [0.1, 0.15) is 0 Å². The van der Waals surface area contributed by atoms with Crippen LogP contribution in [0.3, 0.4) is 0 Å². The van der Waals surface area contributed by atoms with Crippen LogP contribution in [0.1, 0.15) is 33.3 Å². The van der Waals surface area contributed by atoms with Gasteiger partial charge in [0.05, 0.1) is 17.8 Å². The maximum atomic E-state index is 12.0. The van der Waals surface area contributed by atoms with Gasteiger partial charge in [0.25, 0.3) is 0 Å². The third-order valence-corrected chi connectivity index (χ3v) is 3.00. The first-order valence-corrected chi connectivity index (χ1v) is 6.83. The minimum atomic E-state index is -0.243. The molecule has 0 aromatic carbocycles. The Hall–Kier alpha value is -1.88. The molecule has 0 aliphatic heterocycles. The van der Waals surface area contributed by atoms with Gasteiger partial charge in [0.15, 0.2) is 0 Å². The molecule has 108 valence electrons. The summed E-state index contributed by atoms with van der Waals surface area (Å²) in [5, 5.41) is 10.5. The number of hydrogen-bond acceptors (Lipinski definition) is 3. The van der Waals surface area contributed by atoms with Crippen molar-refractivity contribution in [2.45, 2.75) is 45.8 Å². The molecule has 0 radical (unpaired) electrons. The number of amides is 1. The molecule has 0 saturated carbocycles. The van der Waals surface area contributed by atoms with Crippen molar-refractivity contribution >= 4 is 11.4 Å². The van der Waals surface area contributed by atoms with Crippen LogP contribution >= 0.6 is 0 Å². The van der Waals surface area contributed by atoms with Crippen LogP contribution in [0.25, 0.3) is 5.52 Å². The van der Waals surface area contributed by atoms with Gasteiger partial charge in [-0.1, -0.05) is 6.07 Å². The quantitative estimate of drug-likeness (QED) is 0.892. The van der Waals surface area contributed by atoms with Crippen LogP contribution in [0, 0.1) is 0 Å². The molecule has 1 amide bonds. The summed E-state index contributed by atoms with van der Waals surface area (Å²) >= 11 is 0. The number of fused-ring (bicyclic) bond motifs is 1. The third kappa shape index (κ3) is 3.57. The molecule has 5 nitrogen and oxygen atoms in total. The normalized spacial score (nSPS) is 13.4.